The van der Waals surface area contributed by atoms with Gasteiger partial charge in [-0.15, -0.1) is 11.3 Å². The molecule has 5 heteroatoms. The van der Waals surface area contributed by atoms with E-state index < -0.39 is 0 Å². The molecule has 0 aromatic carbocycles. The van der Waals surface area contributed by atoms with E-state index in [1.54, 1.807) is 11.3 Å². The van der Waals surface area contributed by atoms with Gasteiger partial charge in [0.1, 0.15) is 0 Å². The van der Waals surface area contributed by atoms with E-state index in [1.807, 2.05) is 6.07 Å². The van der Waals surface area contributed by atoms with Crippen molar-refractivity contribution < 1.29 is 4.79 Å². The van der Waals surface area contributed by atoms with Gasteiger partial charge in [-0.2, -0.15) is 0 Å². The standard InChI is InChI=1S/C15H25N3OS/c1-15(2,3)13-5-4-12(20-13)14(19)17-8-11-18-9-6-16-7-10-18/h4-5,16H,6-11H2,1-3H3,(H,17,19). The Morgan fingerprint density at radius 3 is 2.65 bits per heavy atom. The van der Waals surface area contributed by atoms with Gasteiger partial charge in [0.2, 0.25) is 0 Å². The first-order chi connectivity index (χ1) is 9.47. The molecule has 20 heavy (non-hydrogen) atoms. The Morgan fingerprint density at radius 2 is 2.05 bits per heavy atom. The van der Waals surface area contributed by atoms with Gasteiger partial charge in [0.25, 0.3) is 5.91 Å². The summed E-state index contributed by atoms with van der Waals surface area (Å²) in [6.07, 6.45) is 0. The molecule has 2 N–H and O–H groups in total. The summed E-state index contributed by atoms with van der Waals surface area (Å²) < 4.78 is 0. The number of nitrogens with one attached hydrogen (secondary N) is 2. The molecule has 4 nitrogen and oxygen atoms in total. The average Bonchev–Trinajstić information content (AvgIpc) is 2.89. The van der Waals surface area contributed by atoms with E-state index in [9.17, 15) is 4.79 Å². The summed E-state index contributed by atoms with van der Waals surface area (Å²) in [6, 6.07) is 4.00. The molecule has 1 fully saturated rings. The molecule has 112 valence electrons. The molecule has 2 rings (SSSR count). The Balaban J connectivity index is 1.78. The first-order valence-electron chi connectivity index (χ1n) is 7.28. The van der Waals surface area contributed by atoms with E-state index in [2.05, 4.69) is 42.4 Å². The van der Waals surface area contributed by atoms with Gasteiger partial charge < -0.3 is 10.6 Å². The molecule has 0 spiro atoms. The number of amides is 1. The summed E-state index contributed by atoms with van der Waals surface area (Å²) in [6.45, 7) is 12.4. The molecule has 0 aliphatic carbocycles. The Bertz CT molecular complexity index is 444. The number of piperazine rings is 1. The minimum absolute atomic E-state index is 0.0561. The highest BCUT2D eigenvalue weighted by atomic mass is 32.1. The molecule has 0 bridgehead atoms. The van der Waals surface area contributed by atoms with Crippen LogP contribution < -0.4 is 10.6 Å². The van der Waals surface area contributed by atoms with Gasteiger partial charge in [-0.3, -0.25) is 9.69 Å². The molecule has 1 saturated heterocycles. The Labute approximate surface area is 125 Å². The zero-order valence-electron chi connectivity index (χ0n) is 12.7. The van der Waals surface area contributed by atoms with Crippen molar-refractivity contribution in [1.82, 2.24) is 15.5 Å². The number of carbonyl (C=O) groups excluding carboxylic acids is 1. The van der Waals surface area contributed by atoms with E-state index in [1.165, 1.54) is 4.88 Å². The van der Waals surface area contributed by atoms with Gasteiger partial charge in [-0.1, -0.05) is 20.8 Å². The molecule has 1 aliphatic heterocycles. The molecule has 0 radical (unpaired) electrons. The van der Waals surface area contributed by atoms with Gasteiger partial charge in [0.15, 0.2) is 0 Å². The van der Waals surface area contributed by atoms with E-state index >= 15 is 0 Å². The van der Waals surface area contributed by atoms with Gasteiger partial charge in [-0.25, -0.2) is 0 Å². The van der Waals surface area contributed by atoms with Crippen molar-refractivity contribution >= 4 is 17.2 Å². The molecular formula is C15H25N3OS. The summed E-state index contributed by atoms with van der Waals surface area (Å²) in [5, 5.41) is 6.35. The molecule has 1 aliphatic rings. The van der Waals surface area contributed by atoms with Crippen molar-refractivity contribution in [3.63, 3.8) is 0 Å². The first-order valence-corrected chi connectivity index (χ1v) is 8.10. The molecule has 1 amide bonds. The molecule has 2 heterocycles. The van der Waals surface area contributed by atoms with Crippen LogP contribution in [0.15, 0.2) is 12.1 Å². The van der Waals surface area contributed by atoms with Crippen molar-refractivity contribution in [3.05, 3.63) is 21.9 Å². The second-order valence-electron chi connectivity index (χ2n) is 6.26. The number of hydrogen-bond donors (Lipinski definition) is 2. The summed E-state index contributed by atoms with van der Waals surface area (Å²) in [7, 11) is 0. The van der Waals surface area contributed by atoms with E-state index in [4.69, 9.17) is 0 Å². The van der Waals surface area contributed by atoms with Crippen molar-refractivity contribution in [1.29, 1.82) is 0 Å². The zero-order valence-corrected chi connectivity index (χ0v) is 13.5. The molecule has 0 unspecified atom stereocenters. The lowest BCUT2D eigenvalue weighted by molar-refractivity contribution is 0.0951. The van der Waals surface area contributed by atoms with Crippen molar-refractivity contribution in [3.8, 4) is 0 Å². The number of carbonyl (C=O) groups is 1. The largest absolute Gasteiger partial charge is 0.350 e. The first kappa shape index (κ1) is 15.5. The minimum Gasteiger partial charge on any atom is -0.350 e. The van der Waals surface area contributed by atoms with Gasteiger partial charge in [-0.05, 0) is 17.5 Å². The predicted octanol–water partition coefficient (Wildman–Crippen LogP) is 1.68. The summed E-state index contributed by atoms with van der Waals surface area (Å²) in [5.74, 6) is 0.0561. The third kappa shape index (κ3) is 4.30. The quantitative estimate of drug-likeness (QED) is 0.888. The molecule has 1 aromatic rings. The fourth-order valence-electron chi connectivity index (χ4n) is 2.21. The van der Waals surface area contributed by atoms with Gasteiger partial charge in [0, 0.05) is 44.1 Å². The molecule has 0 saturated carbocycles. The number of thiophene rings is 1. The van der Waals surface area contributed by atoms with Crippen LogP contribution in [0.2, 0.25) is 0 Å². The monoisotopic (exact) mass is 295 g/mol. The molecule has 0 atom stereocenters. The van der Waals surface area contributed by atoms with Crippen LogP contribution in [0.5, 0.6) is 0 Å². The van der Waals surface area contributed by atoms with Crippen LogP contribution in [-0.2, 0) is 5.41 Å². The van der Waals surface area contributed by atoms with Gasteiger partial charge in [0.05, 0.1) is 4.88 Å². The fraction of sp³-hybridized carbons (Fsp3) is 0.667. The maximum Gasteiger partial charge on any atom is 0.261 e. The van der Waals surface area contributed by atoms with Crippen LogP contribution in [0.4, 0.5) is 0 Å². The number of hydrogen-bond acceptors (Lipinski definition) is 4. The highest BCUT2D eigenvalue weighted by Gasteiger charge is 2.18. The topological polar surface area (TPSA) is 44.4 Å². The SMILES string of the molecule is CC(C)(C)c1ccc(C(=O)NCCN2CCNCC2)s1. The second kappa shape index (κ2) is 6.70. The number of rotatable bonds is 4. The normalized spacial score (nSPS) is 17.1. The van der Waals surface area contributed by atoms with Crippen LogP contribution in [0.25, 0.3) is 0 Å². The van der Waals surface area contributed by atoms with Crippen LogP contribution in [0.1, 0.15) is 35.3 Å². The number of nitrogens with zero attached hydrogens (tertiary/aromatic N) is 1. The fourth-order valence-corrected chi connectivity index (χ4v) is 3.19. The summed E-state index contributed by atoms with van der Waals surface area (Å²) in [5.41, 5.74) is 0.115. The summed E-state index contributed by atoms with van der Waals surface area (Å²) in [4.78, 5) is 16.5. The lowest BCUT2D eigenvalue weighted by Crippen LogP contribution is -2.46. The second-order valence-corrected chi connectivity index (χ2v) is 7.35. The average molecular weight is 295 g/mol. The third-order valence-electron chi connectivity index (χ3n) is 3.49. The van der Waals surface area contributed by atoms with E-state index in [0.29, 0.717) is 0 Å². The van der Waals surface area contributed by atoms with Crippen LogP contribution in [0.3, 0.4) is 0 Å². The Kier molecular flexibility index (Phi) is 5.18. The summed E-state index contributed by atoms with van der Waals surface area (Å²) >= 11 is 1.60. The van der Waals surface area contributed by atoms with Crippen molar-refractivity contribution in [2.24, 2.45) is 0 Å². The lowest BCUT2D eigenvalue weighted by Gasteiger charge is -2.27. The highest BCUT2D eigenvalue weighted by Crippen LogP contribution is 2.29. The van der Waals surface area contributed by atoms with Crippen molar-refractivity contribution in [2.45, 2.75) is 26.2 Å². The molecule has 1 aromatic heterocycles. The van der Waals surface area contributed by atoms with Crippen molar-refractivity contribution in [2.75, 3.05) is 39.3 Å². The van der Waals surface area contributed by atoms with Crippen LogP contribution in [0, 0.1) is 0 Å². The minimum atomic E-state index is 0.0561. The van der Waals surface area contributed by atoms with Gasteiger partial charge >= 0.3 is 0 Å². The Morgan fingerprint density at radius 1 is 1.35 bits per heavy atom. The maximum absolute atomic E-state index is 12.1. The lowest BCUT2D eigenvalue weighted by atomic mass is 9.95. The third-order valence-corrected chi connectivity index (χ3v) is 5.00. The zero-order chi connectivity index (χ0) is 14.6. The van der Waals surface area contributed by atoms with E-state index in [-0.39, 0.29) is 11.3 Å². The van der Waals surface area contributed by atoms with E-state index in [0.717, 1.165) is 44.1 Å². The Hall–Kier alpha value is -0.910. The van der Waals surface area contributed by atoms with Crippen LogP contribution >= 0.6 is 11.3 Å². The molecular weight excluding hydrogens is 270 g/mol. The van der Waals surface area contributed by atoms with Crippen LogP contribution in [-0.4, -0.2) is 50.1 Å². The smallest absolute Gasteiger partial charge is 0.261 e. The maximum atomic E-state index is 12.1. The predicted molar refractivity (Wildman–Crippen MR) is 84.7 cm³/mol. The highest BCUT2D eigenvalue weighted by molar-refractivity contribution is 7.14.